The van der Waals surface area contributed by atoms with Crippen LogP contribution in [-0.4, -0.2) is 51.0 Å². The van der Waals surface area contributed by atoms with Crippen molar-refractivity contribution in [2.24, 2.45) is 0 Å². The summed E-state index contributed by atoms with van der Waals surface area (Å²) in [4.78, 5) is 6.89. The molecule has 4 aromatic rings. The molecule has 1 fully saturated rings. The van der Waals surface area contributed by atoms with Crippen LogP contribution in [0.2, 0.25) is 0 Å². The quantitative estimate of drug-likeness (QED) is 0.519. The number of imidazole rings is 1. The monoisotopic (exact) mass is 362 g/mol. The molecule has 27 heavy (non-hydrogen) atoms. The Bertz CT molecular complexity index is 1120. The second-order valence-electron chi connectivity index (χ2n) is 7.03. The first-order valence-corrected chi connectivity index (χ1v) is 9.22. The van der Waals surface area contributed by atoms with Gasteiger partial charge in [0.15, 0.2) is 17.3 Å². The Kier molecular flexibility index (Phi) is 3.71. The molecular formula is C19H22N8. The largest absolute Gasteiger partial charge is 0.369 e. The lowest BCUT2D eigenvalue weighted by Gasteiger charge is -2.29. The Morgan fingerprint density at radius 3 is 2.81 bits per heavy atom. The van der Waals surface area contributed by atoms with Gasteiger partial charge in [0.1, 0.15) is 0 Å². The second-order valence-corrected chi connectivity index (χ2v) is 7.03. The molecule has 8 heteroatoms. The molecule has 8 nitrogen and oxygen atoms in total. The van der Waals surface area contributed by atoms with Crippen molar-refractivity contribution in [3.05, 3.63) is 41.7 Å². The summed E-state index contributed by atoms with van der Waals surface area (Å²) in [6.45, 7) is 8.11. The Morgan fingerprint density at radius 1 is 1.11 bits per heavy atom. The fourth-order valence-electron chi connectivity index (χ4n) is 3.65. The zero-order chi connectivity index (χ0) is 18.4. The van der Waals surface area contributed by atoms with Gasteiger partial charge in [-0.25, -0.2) is 9.50 Å². The molecule has 5 rings (SSSR count). The number of aromatic amines is 1. The minimum absolute atomic E-state index is 0.747. The van der Waals surface area contributed by atoms with E-state index in [1.54, 1.807) is 0 Å². The van der Waals surface area contributed by atoms with Gasteiger partial charge < -0.3 is 15.5 Å². The average Bonchev–Trinajstić information content (AvgIpc) is 3.25. The first kappa shape index (κ1) is 16.1. The number of hydrogen-bond donors (Lipinski definition) is 3. The van der Waals surface area contributed by atoms with Gasteiger partial charge in [-0.3, -0.25) is 5.10 Å². The molecule has 0 atom stereocenters. The number of benzene rings is 1. The van der Waals surface area contributed by atoms with E-state index >= 15 is 0 Å². The highest BCUT2D eigenvalue weighted by atomic mass is 15.3. The number of H-pyrrole nitrogens is 1. The van der Waals surface area contributed by atoms with E-state index in [0.29, 0.717) is 0 Å². The van der Waals surface area contributed by atoms with Gasteiger partial charge >= 0.3 is 0 Å². The normalized spacial score (nSPS) is 15.0. The van der Waals surface area contributed by atoms with Crippen molar-refractivity contribution in [1.29, 1.82) is 0 Å². The smallest absolute Gasteiger partial charge is 0.161 e. The van der Waals surface area contributed by atoms with Crippen molar-refractivity contribution >= 4 is 33.9 Å². The lowest BCUT2D eigenvalue weighted by atomic mass is 10.2. The second kappa shape index (κ2) is 6.24. The number of aromatic nitrogens is 5. The minimum Gasteiger partial charge on any atom is -0.369 e. The molecule has 3 aromatic heterocycles. The van der Waals surface area contributed by atoms with Crippen LogP contribution < -0.4 is 15.5 Å². The van der Waals surface area contributed by atoms with Crippen molar-refractivity contribution in [3.8, 4) is 0 Å². The van der Waals surface area contributed by atoms with Crippen molar-refractivity contribution in [2.75, 3.05) is 36.4 Å². The van der Waals surface area contributed by atoms with Crippen LogP contribution in [0.25, 0.3) is 16.6 Å². The van der Waals surface area contributed by atoms with Crippen molar-refractivity contribution < 1.29 is 0 Å². The summed E-state index contributed by atoms with van der Waals surface area (Å²) in [7, 11) is 0. The predicted octanol–water partition coefficient (Wildman–Crippen LogP) is 2.38. The third-order valence-electron chi connectivity index (χ3n) is 5.00. The summed E-state index contributed by atoms with van der Waals surface area (Å²) in [5, 5.41) is 20.0. The van der Waals surface area contributed by atoms with Crippen LogP contribution in [0.5, 0.6) is 0 Å². The Hall–Kier alpha value is -3.13. The van der Waals surface area contributed by atoms with Gasteiger partial charge in [0.2, 0.25) is 0 Å². The van der Waals surface area contributed by atoms with Crippen molar-refractivity contribution in [1.82, 2.24) is 30.1 Å². The first-order valence-electron chi connectivity index (χ1n) is 9.22. The standard InChI is InChI=1S/C19H22N8/c1-12-9-17(25-27-11-13(2)21-19(12)27)22-18-15-4-3-14(10-16(15)23-24-18)26-7-5-20-6-8-26/h3-4,9-11,20H,5-8H2,1-2H3,(H2,22,23,24,25). The molecule has 1 saturated heterocycles. The maximum atomic E-state index is 4.60. The predicted molar refractivity (Wildman–Crippen MR) is 107 cm³/mol. The van der Waals surface area contributed by atoms with Crippen LogP contribution in [-0.2, 0) is 0 Å². The molecule has 1 aromatic carbocycles. The highest BCUT2D eigenvalue weighted by Gasteiger charge is 2.14. The summed E-state index contributed by atoms with van der Waals surface area (Å²) in [6.07, 6.45) is 1.93. The number of fused-ring (bicyclic) bond motifs is 2. The summed E-state index contributed by atoms with van der Waals surface area (Å²) in [6, 6.07) is 8.44. The fourth-order valence-corrected chi connectivity index (χ4v) is 3.65. The molecule has 0 unspecified atom stereocenters. The zero-order valence-corrected chi connectivity index (χ0v) is 15.5. The van der Waals surface area contributed by atoms with Crippen LogP contribution in [0.3, 0.4) is 0 Å². The lowest BCUT2D eigenvalue weighted by molar-refractivity contribution is 0.589. The molecule has 0 aliphatic carbocycles. The zero-order valence-electron chi connectivity index (χ0n) is 15.5. The molecule has 138 valence electrons. The van der Waals surface area contributed by atoms with Gasteiger partial charge in [-0.15, -0.1) is 5.10 Å². The number of nitrogens with zero attached hydrogens (tertiary/aromatic N) is 5. The first-order chi connectivity index (χ1) is 13.2. The molecule has 0 bridgehead atoms. The Labute approximate surface area is 156 Å². The highest BCUT2D eigenvalue weighted by Crippen LogP contribution is 2.28. The number of aryl methyl sites for hydroxylation is 2. The van der Waals surface area contributed by atoms with Gasteiger partial charge in [0.05, 0.1) is 17.4 Å². The topological polar surface area (TPSA) is 86.2 Å². The van der Waals surface area contributed by atoms with E-state index in [1.165, 1.54) is 5.69 Å². The maximum Gasteiger partial charge on any atom is 0.161 e. The number of hydrogen-bond acceptors (Lipinski definition) is 6. The van der Waals surface area contributed by atoms with Gasteiger partial charge in [-0.05, 0) is 43.7 Å². The van der Waals surface area contributed by atoms with E-state index in [0.717, 1.165) is 65.6 Å². The van der Waals surface area contributed by atoms with E-state index in [-0.39, 0.29) is 0 Å². The van der Waals surface area contributed by atoms with Gasteiger partial charge in [-0.1, -0.05) is 0 Å². The van der Waals surface area contributed by atoms with E-state index in [1.807, 2.05) is 30.6 Å². The molecule has 3 N–H and O–H groups in total. The SMILES string of the molecule is Cc1cn2nc(Nc3n[nH]c4cc(N5CCNCC5)ccc34)cc(C)c2n1. The molecule has 0 amide bonds. The minimum atomic E-state index is 0.747. The van der Waals surface area contributed by atoms with E-state index < -0.39 is 0 Å². The van der Waals surface area contributed by atoms with E-state index in [4.69, 9.17) is 0 Å². The molecule has 0 spiro atoms. The number of nitrogens with one attached hydrogen (secondary N) is 3. The maximum absolute atomic E-state index is 4.60. The van der Waals surface area contributed by atoms with Gasteiger partial charge in [0.25, 0.3) is 0 Å². The Morgan fingerprint density at radius 2 is 1.96 bits per heavy atom. The molecule has 0 radical (unpaired) electrons. The molecular weight excluding hydrogens is 340 g/mol. The fraction of sp³-hybridized carbons (Fsp3) is 0.316. The van der Waals surface area contributed by atoms with Crippen LogP contribution in [0.4, 0.5) is 17.3 Å². The van der Waals surface area contributed by atoms with Crippen molar-refractivity contribution in [2.45, 2.75) is 13.8 Å². The van der Waals surface area contributed by atoms with Crippen molar-refractivity contribution in [3.63, 3.8) is 0 Å². The van der Waals surface area contributed by atoms with E-state index in [2.05, 4.69) is 54.0 Å². The third kappa shape index (κ3) is 2.87. The highest BCUT2D eigenvalue weighted by molar-refractivity contribution is 5.93. The molecule has 0 saturated carbocycles. The lowest BCUT2D eigenvalue weighted by Crippen LogP contribution is -2.43. The molecule has 4 heterocycles. The Balaban J connectivity index is 1.46. The number of anilines is 3. The van der Waals surface area contributed by atoms with Gasteiger partial charge in [-0.2, -0.15) is 5.10 Å². The van der Waals surface area contributed by atoms with E-state index in [9.17, 15) is 0 Å². The average molecular weight is 362 g/mol. The van der Waals surface area contributed by atoms with Crippen LogP contribution >= 0.6 is 0 Å². The van der Waals surface area contributed by atoms with Crippen LogP contribution in [0.1, 0.15) is 11.3 Å². The van der Waals surface area contributed by atoms with Crippen LogP contribution in [0, 0.1) is 13.8 Å². The summed E-state index contributed by atoms with van der Waals surface area (Å²) in [5.74, 6) is 1.52. The number of piperazine rings is 1. The number of rotatable bonds is 3. The van der Waals surface area contributed by atoms with Gasteiger partial charge in [0, 0.05) is 37.3 Å². The summed E-state index contributed by atoms with van der Waals surface area (Å²) < 4.78 is 1.81. The molecule has 1 aliphatic rings. The van der Waals surface area contributed by atoms with Crippen LogP contribution in [0.15, 0.2) is 30.5 Å². The summed E-state index contributed by atoms with van der Waals surface area (Å²) >= 11 is 0. The summed E-state index contributed by atoms with van der Waals surface area (Å²) in [5.41, 5.74) is 5.15. The molecule has 1 aliphatic heterocycles. The third-order valence-corrected chi connectivity index (χ3v) is 5.00.